The van der Waals surface area contributed by atoms with Crippen molar-refractivity contribution in [1.29, 1.82) is 0 Å². The molecule has 0 saturated carbocycles. The molecule has 1 heterocycles. The molecule has 1 aliphatic rings. The fourth-order valence-corrected chi connectivity index (χ4v) is 3.40. The van der Waals surface area contributed by atoms with E-state index in [1.807, 2.05) is 24.3 Å². The average molecular weight is 382 g/mol. The largest absolute Gasteiger partial charge is 0.372 e. The van der Waals surface area contributed by atoms with Crippen molar-refractivity contribution in [2.45, 2.75) is 46.6 Å². The van der Waals surface area contributed by atoms with E-state index < -0.39 is 5.41 Å². The van der Waals surface area contributed by atoms with Crippen molar-refractivity contribution in [1.82, 2.24) is 5.06 Å². The fourth-order valence-electron chi connectivity index (χ4n) is 3.40. The Morgan fingerprint density at radius 3 is 2.04 bits per heavy atom. The van der Waals surface area contributed by atoms with Crippen molar-refractivity contribution >= 4 is 23.0 Å². The third-order valence-corrected chi connectivity index (χ3v) is 5.04. The number of amides is 1. The summed E-state index contributed by atoms with van der Waals surface area (Å²) in [4.78, 5) is 14.5. The lowest BCUT2D eigenvalue weighted by Crippen LogP contribution is -2.36. The molecule has 1 amide bonds. The summed E-state index contributed by atoms with van der Waals surface area (Å²) in [5, 5.41) is 14.2. The van der Waals surface area contributed by atoms with E-state index in [0.717, 1.165) is 35.1 Å². The molecule has 0 aromatic heterocycles. The van der Waals surface area contributed by atoms with Gasteiger partial charge in [0.15, 0.2) is 0 Å². The van der Waals surface area contributed by atoms with E-state index in [1.165, 1.54) is 24.9 Å². The minimum absolute atomic E-state index is 0.181. The number of rotatable bonds is 5. The minimum atomic E-state index is -0.601. The van der Waals surface area contributed by atoms with Crippen LogP contribution in [0.5, 0.6) is 0 Å². The number of benzene rings is 2. The summed E-state index contributed by atoms with van der Waals surface area (Å²) in [5.41, 5.74) is 3.58. The number of hydrogen-bond acceptors (Lipinski definition) is 4. The van der Waals surface area contributed by atoms with Crippen LogP contribution in [-0.4, -0.2) is 29.3 Å². The Balaban J connectivity index is 1.57. The number of nitrogens with zero attached hydrogens (tertiary/aromatic N) is 2. The average Bonchev–Trinajstić information content (AvgIpc) is 2.69. The van der Waals surface area contributed by atoms with Gasteiger partial charge in [0.05, 0.1) is 6.54 Å². The van der Waals surface area contributed by atoms with Gasteiger partial charge in [-0.2, -0.15) is 0 Å². The summed E-state index contributed by atoms with van der Waals surface area (Å²) in [6, 6.07) is 16.3. The van der Waals surface area contributed by atoms with E-state index in [4.69, 9.17) is 0 Å². The van der Waals surface area contributed by atoms with Crippen LogP contribution in [0, 0.1) is 5.41 Å². The van der Waals surface area contributed by atoms with Gasteiger partial charge in [-0.05, 0) is 61.2 Å². The molecule has 0 aliphatic carbocycles. The van der Waals surface area contributed by atoms with Gasteiger partial charge < -0.3 is 10.2 Å². The maximum atomic E-state index is 12.1. The molecule has 0 atom stereocenters. The van der Waals surface area contributed by atoms with Crippen molar-refractivity contribution < 1.29 is 10.0 Å². The molecule has 0 spiro atoms. The molecule has 150 valence electrons. The highest BCUT2D eigenvalue weighted by atomic mass is 16.5. The summed E-state index contributed by atoms with van der Waals surface area (Å²) in [6.45, 7) is 7.86. The van der Waals surface area contributed by atoms with Gasteiger partial charge in [0.1, 0.15) is 0 Å². The summed E-state index contributed by atoms with van der Waals surface area (Å²) in [6.07, 6.45) is 3.89. The predicted octanol–water partition coefficient (Wildman–Crippen LogP) is 5.18. The molecular weight excluding hydrogens is 350 g/mol. The summed E-state index contributed by atoms with van der Waals surface area (Å²) in [7, 11) is 0. The molecule has 3 rings (SSSR count). The zero-order chi connectivity index (χ0) is 20.1. The van der Waals surface area contributed by atoms with Crippen LogP contribution < -0.4 is 10.2 Å². The lowest BCUT2D eigenvalue weighted by molar-refractivity contribution is -0.177. The van der Waals surface area contributed by atoms with Gasteiger partial charge in [-0.1, -0.05) is 32.9 Å². The van der Waals surface area contributed by atoms with Gasteiger partial charge in [0, 0.05) is 35.6 Å². The second-order valence-corrected chi connectivity index (χ2v) is 8.53. The summed E-state index contributed by atoms with van der Waals surface area (Å²) >= 11 is 0. The van der Waals surface area contributed by atoms with E-state index in [2.05, 4.69) is 34.5 Å². The van der Waals surface area contributed by atoms with Crippen LogP contribution in [0.1, 0.15) is 45.6 Å². The number of piperidine rings is 1. The lowest BCUT2D eigenvalue weighted by Gasteiger charge is -2.28. The number of hydrogen-bond donors (Lipinski definition) is 2. The maximum Gasteiger partial charge on any atom is 0.251 e. The highest BCUT2D eigenvalue weighted by Crippen LogP contribution is 2.24. The summed E-state index contributed by atoms with van der Waals surface area (Å²) < 4.78 is 0. The second kappa shape index (κ2) is 8.65. The molecule has 2 aromatic rings. The van der Waals surface area contributed by atoms with Crippen LogP contribution in [0.25, 0.3) is 0 Å². The van der Waals surface area contributed by atoms with Gasteiger partial charge in [-0.15, -0.1) is 0 Å². The monoisotopic (exact) mass is 381 g/mol. The first kappa shape index (κ1) is 20.2. The molecule has 1 saturated heterocycles. The Bertz CT molecular complexity index is 773. The van der Waals surface area contributed by atoms with Gasteiger partial charge in [-0.25, -0.2) is 5.06 Å². The minimum Gasteiger partial charge on any atom is -0.372 e. The van der Waals surface area contributed by atoms with Crippen molar-refractivity contribution in [2.24, 2.45) is 5.41 Å². The van der Waals surface area contributed by atoms with Gasteiger partial charge in [0.2, 0.25) is 0 Å². The number of carbonyl (C=O) groups excluding carboxylic acids is 1. The van der Waals surface area contributed by atoms with Crippen LogP contribution in [0.4, 0.5) is 17.1 Å². The van der Waals surface area contributed by atoms with Crippen molar-refractivity contribution in [2.75, 3.05) is 23.3 Å². The van der Waals surface area contributed by atoms with E-state index in [9.17, 15) is 10.0 Å². The molecule has 5 heteroatoms. The van der Waals surface area contributed by atoms with Crippen molar-refractivity contribution in [3.8, 4) is 0 Å². The Labute approximate surface area is 167 Å². The van der Waals surface area contributed by atoms with Crippen LogP contribution in [0.15, 0.2) is 48.5 Å². The molecular formula is C23H31N3O2. The first-order valence-electron chi connectivity index (χ1n) is 10.0. The van der Waals surface area contributed by atoms with Crippen molar-refractivity contribution in [3.05, 3.63) is 54.1 Å². The smallest absolute Gasteiger partial charge is 0.251 e. The molecule has 2 N–H and O–H groups in total. The Kier molecular flexibility index (Phi) is 6.25. The molecule has 28 heavy (non-hydrogen) atoms. The topological polar surface area (TPSA) is 55.8 Å². The molecule has 0 bridgehead atoms. The van der Waals surface area contributed by atoms with Gasteiger partial charge in [0.25, 0.3) is 5.91 Å². The summed E-state index contributed by atoms with van der Waals surface area (Å²) in [5.74, 6) is -0.288. The van der Waals surface area contributed by atoms with Gasteiger partial charge >= 0.3 is 0 Å². The van der Waals surface area contributed by atoms with E-state index in [-0.39, 0.29) is 12.5 Å². The van der Waals surface area contributed by atoms with Crippen LogP contribution in [-0.2, 0) is 11.3 Å². The van der Waals surface area contributed by atoms with Crippen LogP contribution in [0.3, 0.4) is 0 Å². The predicted molar refractivity (Wildman–Crippen MR) is 114 cm³/mol. The molecule has 2 aromatic carbocycles. The Hall–Kier alpha value is -2.53. The zero-order valence-corrected chi connectivity index (χ0v) is 17.1. The number of nitrogens with one attached hydrogen (secondary N) is 1. The normalized spacial score (nSPS) is 14.6. The molecule has 0 radical (unpaired) electrons. The molecule has 1 fully saturated rings. The molecule has 0 unspecified atom stereocenters. The number of carbonyl (C=O) groups is 1. The molecule has 5 nitrogen and oxygen atoms in total. The highest BCUT2D eigenvalue weighted by molar-refractivity contribution is 5.80. The van der Waals surface area contributed by atoms with Crippen LogP contribution >= 0.6 is 0 Å². The third-order valence-electron chi connectivity index (χ3n) is 5.04. The highest BCUT2D eigenvalue weighted by Gasteiger charge is 2.26. The lowest BCUT2D eigenvalue weighted by atomic mass is 9.95. The van der Waals surface area contributed by atoms with E-state index in [1.54, 1.807) is 20.8 Å². The van der Waals surface area contributed by atoms with E-state index in [0.29, 0.717) is 0 Å². The van der Waals surface area contributed by atoms with E-state index >= 15 is 0 Å². The number of hydroxylamine groups is 2. The van der Waals surface area contributed by atoms with Crippen LogP contribution in [0.2, 0.25) is 0 Å². The fraction of sp³-hybridized carbons (Fsp3) is 0.435. The first-order chi connectivity index (χ1) is 13.3. The SMILES string of the molecule is CC(C)(C)C(=O)N(O)Cc1ccc(Nc2ccc(N3CCCCC3)cc2)cc1. The van der Waals surface area contributed by atoms with Crippen molar-refractivity contribution in [3.63, 3.8) is 0 Å². The second-order valence-electron chi connectivity index (χ2n) is 8.53. The Morgan fingerprint density at radius 1 is 0.964 bits per heavy atom. The number of anilines is 3. The quantitative estimate of drug-likeness (QED) is 0.553. The Morgan fingerprint density at radius 2 is 1.50 bits per heavy atom. The maximum absolute atomic E-state index is 12.1. The first-order valence-corrected chi connectivity index (χ1v) is 10.0. The molecule has 1 aliphatic heterocycles. The standard InChI is InChI=1S/C23H31N3O2/c1-23(2,3)22(27)26(28)17-18-7-9-19(10-8-18)24-20-11-13-21(14-12-20)25-15-5-4-6-16-25/h7-14,24,28H,4-6,15-17H2,1-3H3. The third kappa shape index (κ3) is 5.26. The van der Waals surface area contributed by atoms with Gasteiger partial charge in [-0.3, -0.25) is 10.0 Å². The zero-order valence-electron chi connectivity index (χ0n) is 17.1.